The Bertz CT molecular complexity index is 489. The number of rotatable bonds is 1. The molecule has 3 nitrogen and oxygen atoms in total. The third-order valence-corrected chi connectivity index (χ3v) is 8.18. The van der Waals surface area contributed by atoms with Crippen molar-refractivity contribution in [3.8, 4) is 0 Å². The fraction of sp³-hybridized carbons (Fsp3) is 0.950. The van der Waals surface area contributed by atoms with E-state index in [0.29, 0.717) is 11.5 Å². The zero-order valence-corrected chi connectivity index (χ0v) is 15.0. The van der Waals surface area contributed by atoms with Crippen LogP contribution in [-0.4, -0.2) is 24.8 Å². The maximum absolute atomic E-state index is 11.5. The quantitative estimate of drug-likeness (QED) is 0.674. The molecule has 0 aromatic carbocycles. The molecule has 130 valence electrons. The van der Waals surface area contributed by atoms with Gasteiger partial charge in [0.1, 0.15) is 6.10 Å². The van der Waals surface area contributed by atoms with Gasteiger partial charge in [-0.3, -0.25) is 4.79 Å². The van der Waals surface area contributed by atoms with E-state index < -0.39 is 0 Å². The van der Waals surface area contributed by atoms with Crippen molar-refractivity contribution in [3.05, 3.63) is 0 Å². The molecule has 0 bridgehead atoms. The fourth-order valence-corrected chi connectivity index (χ4v) is 7.07. The topological polar surface area (TPSA) is 35.5 Å². The number of carbonyl (C=O) groups is 1. The molecule has 0 aromatic heterocycles. The van der Waals surface area contributed by atoms with Gasteiger partial charge in [0, 0.05) is 18.9 Å². The summed E-state index contributed by atoms with van der Waals surface area (Å²) in [6, 6.07) is 0. The van der Waals surface area contributed by atoms with E-state index in [2.05, 4.69) is 13.8 Å². The molecule has 3 aliphatic carbocycles. The van der Waals surface area contributed by atoms with Crippen molar-refractivity contribution in [1.29, 1.82) is 0 Å². The number of carbonyl (C=O) groups excluding carboxylic acids is 1. The van der Waals surface area contributed by atoms with Crippen molar-refractivity contribution in [2.45, 2.75) is 84.3 Å². The molecule has 3 heteroatoms. The van der Waals surface area contributed by atoms with Crippen LogP contribution in [0.3, 0.4) is 0 Å². The van der Waals surface area contributed by atoms with Crippen molar-refractivity contribution in [2.24, 2.45) is 28.6 Å². The van der Waals surface area contributed by atoms with Crippen LogP contribution < -0.4 is 0 Å². The summed E-state index contributed by atoms with van der Waals surface area (Å²) in [7, 11) is 0. The lowest BCUT2D eigenvalue weighted by Gasteiger charge is -2.59. The summed E-state index contributed by atoms with van der Waals surface area (Å²) < 4.78 is 11.9. The Morgan fingerprint density at radius 1 is 1.00 bits per heavy atom. The van der Waals surface area contributed by atoms with Crippen molar-refractivity contribution in [2.75, 3.05) is 6.61 Å². The summed E-state index contributed by atoms with van der Waals surface area (Å²) in [5, 5.41) is 0. The maximum Gasteiger partial charge on any atom is 0.302 e. The molecule has 4 aliphatic rings. The molecule has 1 aliphatic heterocycles. The van der Waals surface area contributed by atoms with Gasteiger partial charge in [-0.2, -0.15) is 0 Å². The molecule has 1 heterocycles. The van der Waals surface area contributed by atoms with E-state index in [-0.39, 0.29) is 17.5 Å². The first-order chi connectivity index (χ1) is 10.9. The highest BCUT2D eigenvalue weighted by atomic mass is 16.5. The molecule has 0 aromatic rings. The highest BCUT2D eigenvalue weighted by molar-refractivity contribution is 5.66. The number of esters is 1. The number of hydrogen-bond acceptors (Lipinski definition) is 3. The highest BCUT2D eigenvalue weighted by Gasteiger charge is 2.60. The lowest BCUT2D eigenvalue weighted by atomic mass is 9.48. The standard InChI is InChI=1S/C20H32O3/c1-13(21)23-18-8-6-15-14-5-7-17-19(2,10-4-12-22-17)16(14)9-11-20(15,18)3/h14-18H,4-12H2,1-3H3. The lowest BCUT2D eigenvalue weighted by molar-refractivity contribution is -0.182. The van der Waals surface area contributed by atoms with E-state index in [0.717, 1.165) is 30.8 Å². The summed E-state index contributed by atoms with van der Waals surface area (Å²) in [4.78, 5) is 11.5. The molecular formula is C20H32O3. The Labute approximate surface area is 140 Å². The van der Waals surface area contributed by atoms with Gasteiger partial charge in [-0.05, 0) is 74.5 Å². The molecule has 0 spiro atoms. The molecule has 0 N–H and O–H groups in total. The first-order valence-corrected chi connectivity index (χ1v) is 9.74. The van der Waals surface area contributed by atoms with E-state index in [9.17, 15) is 4.79 Å². The minimum Gasteiger partial charge on any atom is -0.462 e. The molecular weight excluding hydrogens is 288 g/mol. The largest absolute Gasteiger partial charge is 0.462 e. The van der Waals surface area contributed by atoms with Crippen LogP contribution in [0.2, 0.25) is 0 Å². The number of hydrogen-bond donors (Lipinski definition) is 0. The summed E-state index contributed by atoms with van der Waals surface area (Å²) in [6.45, 7) is 7.44. The second kappa shape index (κ2) is 5.47. The van der Waals surface area contributed by atoms with Crippen LogP contribution in [-0.2, 0) is 14.3 Å². The zero-order chi connectivity index (χ0) is 16.2. The van der Waals surface area contributed by atoms with Crippen molar-refractivity contribution >= 4 is 5.97 Å². The van der Waals surface area contributed by atoms with E-state index in [1.165, 1.54) is 44.9 Å². The van der Waals surface area contributed by atoms with Gasteiger partial charge in [0.05, 0.1) is 6.10 Å². The predicted octanol–water partition coefficient (Wildman–Crippen LogP) is 4.34. The first-order valence-electron chi connectivity index (χ1n) is 9.74. The molecule has 4 fully saturated rings. The molecule has 7 atom stereocenters. The predicted molar refractivity (Wildman–Crippen MR) is 88.9 cm³/mol. The van der Waals surface area contributed by atoms with Gasteiger partial charge in [0.2, 0.25) is 0 Å². The van der Waals surface area contributed by atoms with Crippen LogP contribution in [0.1, 0.15) is 72.1 Å². The molecule has 1 saturated heterocycles. The SMILES string of the molecule is CC(=O)OC1CCC2C3CCC4OCCCC4(C)C3CCC12C. The average Bonchev–Trinajstić information content (AvgIpc) is 2.83. The Hall–Kier alpha value is -0.570. The summed E-state index contributed by atoms with van der Waals surface area (Å²) >= 11 is 0. The molecule has 0 amide bonds. The minimum absolute atomic E-state index is 0.102. The van der Waals surface area contributed by atoms with Crippen molar-refractivity contribution in [3.63, 3.8) is 0 Å². The van der Waals surface area contributed by atoms with E-state index in [1.54, 1.807) is 6.92 Å². The van der Waals surface area contributed by atoms with Gasteiger partial charge in [-0.25, -0.2) is 0 Å². The Kier molecular flexibility index (Phi) is 3.79. The normalized spacial score (nSPS) is 52.2. The second-order valence-corrected chi connectivity index (χ2v) is 9.14. The van der Waals surface area contributed by atoms with Gasteiger partial charge in [0.15, 0.2) is 0 Å². The van der Waals surface area contributed by atoms with Crippen molar-refractivity contribution < 1.29 is 14.3 Å². The van der Waals surface area contributed by atoms with E-state index in [4.69, 9.17) is 9.47 Å². The smallest absolute Gasteiger partial charge is 0.302 e. The molecule has 7 unspecified atom stereocenters. The Morgan fingerprint density at radius 2 is 1.78 bits per heavy atom. The fourth-order valence-electron chi connectivity index (χ4n) is 7.07. The highest BCUT2D eigenvalue weighted by Crippen LogP contribution is 2.64. The first kappa shape index (κ1) is 15.9. The monoisotopic (exact) mass is 320 g/mol. The van der Waals surface area contributed by atoms with Crippen LogP contribution in [0.5, 0.6) is 0 Å². The minimum atomic E-state index is -0.102. The Morgan fingerprint density at radius 3 is 2.57 bits per heavy atom. The maximum atomic E-state index is 11.5. The van der Waals surface area contributed by atoms with Crippen LogP contribution in [0, 0.1) is 28.6 Å². The van der Waals surface area contributed by atoms with Gasteiger partial charge in [0.25, 0.3) is 0 Å². The third kappa shape index (κ3) is 2.29. The van der Waals surface area contributed by atoms with Gasteiger partial charge in [-0.15, -0.1) is 0 Å². The van der Waals surface area contributed by atoms with Crippen LogP contribution in [0.15, 0.2) is 0 Å². The lowest BCUT2D eigenvalue weighted by Crippen LogP contribution is -2.56. The number of fused-ring (bicyclic) bond motifs is 5. The van der Waals surface area contributed by atoms with E-state index in [1.807, 2.05) is 0 Å². The molecule has 23 heavy (non-hydrogen) atoms. The van der Waals surface area contributed by atoms with E-state index >= 15 is 0 Å². The van der Waals surface area contributed by atoms with Gasteiger partial charge < -0.3 is 9.47 Å². The zero-order valence-electron chi connectivity index (χ0n) is 15.0. The summed E-state index contributed by atoms with van der Waals surface area (Å²) in [5.41, 5.74) is 0.605. The molecule has 4 rings (SSSR count). The second-order valence-electron chi connectivity index (χ2n) is 9.14. The average molecular weight is 320 g/mol. The molecule has 3 saturated carbocycles. The van der Waals surface area contributed by atoms with Crippen LogP contribution >= 0.6 is 0 Å². The number of ether oxygens (including phenoxy) is 2. The summed E-state index contributed by atoms with van der Waals surface area (Å²) in [6.07, 6.45) is 10.6. The van der Waals surface area contributed by atoms with Gasteiger partial charge >= 0.3 is 5.97 Å². The summed E-state index contributed by atoms with van der Waals surface area (Å²) in [5.74, 6) is 2.27. The van der Waals surface area contributed by atoms with Gasteiger partial charge in [-0.1, -0.05) is 13.8 Å². The third-order valence-electron chi connectivity index (χ3n) is 8.18. The molecule has 0 radical (unpaired) electrons. The van der Waals surface area contributed by atoms with Crippen molar-refractivity contribution in [1.82, 2.24) is 0 Å². The Balaban J connectivity index is 1.59. The van der Waals surface area contributed by atoms with Crippen LogP contribution in [0.25, 0.3) is 0 Å². The van der Waals surface area contributed by atoms with Crippen LogP contribution in [0.4, 0.5) is 0 Å².